The lowest BCUT2D eigenvalue weighted by molar-refractivity contribution is 0.305. The van der Waals surface area contributed by atoms with E-state index >= 15 is 0 Å². The minimum absolute atomic E-state index is 0.112. The number of imidazole rings is 1. The molecule has 5 rings (SSSR count). The van der Waals surface area contributed by atoms with Crippen molar-refractivity contribution in [3.05, 3.63) is 80.3 Å². The summed E-state index contributed by atoms with van der Waals surface area (Å²) in [5.41, 5.74) is 5.12. The number of ether oxygens (including phenoxy) is 1. The molecule has 5 nitrogen and oxygen atoms in total. The number of fused-ring (bicyclic) bond motifs is 1. The van der Waals surface area contributed by atoms with E-state index in [0.717, 1.165) is 16.9 Å². The van der Waals surface area contributed by atoms with Crippen LogP contribution in [0, 0.1) is 13.8 Å². The Labute approximate surface area is 166 Å². The summed E-state index contributed by atoms with van der Waals surface area (Å²) in [6.07, 6.45) is 6.21. The number of thiophene rings is 1. The van der Waals surface area contributed by atoms with Crippen LogP contribution in [0.3, 0.4) is 0 Å². The van der Waals surface area contributed by atoms with Crippen LogP contribution in [-0.2, 0) is 6.61 Å². The van der Waals surface area contributed by atoms with Crippen LogP contribution in [0.4, 0.5) is 0 Å². The van der Waals surface area contributed by atoms with Crippen LogP contribution >= 0.6 is 11.3 Å². The maximum atomic E-state index is 12.7. The number of rotatable bonds is 5. The monoisotopic (exact) mass is 391 g/mol. The smallest absolute Gasteiger partial charge is 0.258 e. The average molecular weight is 391 g/mol. The van der Waals surface area contributed by atoms with E-state index in [9.17, 15) is 4.79 Å². The molecule has 0 saturated heterocycles. The zero-order chi connectivity index (χ0) is 19.3. The standard InChI is InChI=1S/C22H21N3O2S/c1-14-9-16(13-28-14)12-27-19-7-8-24(21(26)10-19)18-5-6-20-23-22(17-3-4-17)15(2)25(20)11-18/h5-11,13,17H,3-4,12H2,1-2H3. The van der Waals surface area contributed by atoms with Gasteiger partial charge in [0, 0.05) is 40.5 Å². The zero-order valence-electron chi connectivity index (χ0n) is 15.9. The van der Waals surface area contributed by atoms with Gasteiger partial charge in [0.05, 0.1) is 11.4 Å². The van der Waals surface area contributed by atoms with Crippen LogP contribution in [0.5, 0.6) is 5.75 Å². The van der Waals surface area contributed by atoms with Gasteiger partial charge in [0.2, 0.25) is 0 Å². The number of aryl methyl sites for hydroxylation is 2. The van der Waals surface area contributed by atoms with Gasteiger partial charge in [-0.15, -0.1) is 11.3 Å². The number of hydrogen-bond acceptors (Lipinski definition) is 4. The largest absolute Gasteiger partial charge is 0.489 e. The van der Waals surface area contributed by atoms with E-state index in [1.54, 1.807) is 28.2 Å². The highest BCUT2D eigenvalue weighted by Crippen LogP contribution is 2.41. The first kappa shape index (κ1) is 17.3. The second kappa shape index (κ2) is 6.63. The Balaban J connectivity index is 1.42. The Morgan fingerprint density at radius 2 is 2.07 bits per heavy atom. The van der Waals surface area contributed by atoms with E-state index in [-0.39, 0.29) is 5.56 Å². The van der Waals surface area contributed by atoms with E-state index in [1.807, 2.05) is 24.4 Å². The molecule has 0 amide bonds. The maximum absolute atomic E-state index is 12.7. The van der Waals surface area contributed by atoms with Gasteiger partial charge in [-0.1, -0.05) is 0 Å². The molecule has 0 radical (unpaired) electrons. The molecule has 28 heavy (non-hydrogen) atoms. The van der Waals surface area contributed by atoms with E-state index in [4.69, 9.17) is 9.72 Å². The minimum Gasteiger partial charge on any atom is -0.489 e. The molecule has 142 valence electrons. The van der Waals surface area contributed by atoms with Crippen LogP contribution < -0.4 is 10.3 Å². The Bertz CT molecular complexity index is 1230. The molecule has 1 saturated carbocycles. The second-order valence-corrected chi connectivity index (χ2v) is 8.51. The average Bonchev–Trinajstić information content (AvgIpc) is 3.37. The normalized spacial score (nSPS) is 13.9. The molecule has 1 fully saturated rings. The Morgan fingerprint density at radius 3 is 2.79 bits per heavy atom. The van der Waals surface area contributed by atoms with Gasteiger partial charge in [0.15, 0.2) is 0 Å². The molecular weight excluding hydrogens is 370 g/mol. The summed E-state index contributed by atoms with van der Waals surface area (Å²) in [6.45, 7) is 4.64. The van der Waals surface area contributed by atoms with Crippen molar-refractivity contribution in [1.29, 1.82) is 0 Å². The molecule has 1 aliphatic rings. The third kappa shape index (κ3) is 3.14. The molecule has 0 N–H and O–H groups in total. The Kier molecular flexibility index (Phi) is 4.09. The van der Waals surface area contributed by atoms with Crippen molar-refractivity contribution >= 4 is 17.0 Å². The van der Waals surface area contributed by atoms with Gasteiger partial charge in [0.25, 0.3) is 5.56 Å². The Hall–Kier alpha value is -2.86. The predicted octanol–water partition coefficient (Wildman–Crippen LogP) is 4.62. The lowest BCUT2D eigenvalue weighted by Crippen LogP contribution is -2.17. The van der Waals surface area contributed by atoms with Crippen LogP contribution in [0.25, 0.3) is 11.3 Å². The first-order valence-corrected chi connectivity index (χ1v) is 10.3. The summed E-state index contributed by atoms with van der Waals surface area (Å²) >= 11 is 1.70. The summed E-state index contributed by atoms with van der Waals surface area (Å²) in [5.74, 6) is 1.19. The summed E-state index contributed by atoms with van der Waals surface area (Å²) in [6, 6.07) is 9.39. The van der Waals surface area contributed by atoms with Crippen molar-refractivity contribution in [2.45, 2.75) is 39.2 Å². The maximum Gasteiger partial charge on any atom is 0.258 e. The SMILES string of the molecule is Cc1cc(COc2ccn(-c3ccc4nc(C5CC5)c(C)n4c3)c(=O)c2)cs1. The van der Waals surface area contributed by atoms with Crippen LogP contribution in [0.15, 0.2) is 52.9 Å². The first-order valence-electron chi connectivity index (χ1n) is 9.47. The highest BCUT2D eigenvalue weighted by molar-refractivity contribution is 7.10. The molecule has 4 heterocycles. The number of pyridine rings is 2. The fourth-order valence-corrected chi connectivity index (χ4v) is 4.25. The molecule has 0 atom stereocenters. The van der Waals surface area contributed by atoms with Gasteiger partial charge in [-0.05, 0) is 56.3 Å². The molecule has 4 aromatic heterocycles. The zero-order valence-corrected chi connectivity index (χ0v) is 16.7. The quantitative estimate of drug-likeness (QED) is 0.499. The lowest BCUT2D eigenvalue weighted by Gasteiger charge is -2.09. The third-order valence-corrected chi connectivity index (χ3v) is 6.11. The van der Waals surface area contributed by atoms with Gasteiger partial charge in [0.1, 0.15) is 18.0 Å². The van der Waals surface area contributed by atoms with Crippen molar-refractivity contribution in [3.63, 3.8) is 0 Å². The third-order valence-electron chi connectivity index (χ3n) is 5.20. The molecule has 4 aromatic rings. The van der Waals surface area contributed by atoms with E-state index in [0.29, 0.717) is 18.3 Å². The van der Waals surface area contributed by atoms with Crippen molar-refractivity contribution in [2.75, 3.05) is 0 Å². The van der Waals surface area contributed by atoms with Crippen molar-refractivity contribution in [3.8, 4) is 11.4 Å². The fraction of sp³-hybridized carbons (Fsp3) is 0.273. The van der Waals surface area contributed by atoms with Crippen molar-refractivity contribution in [1.82, 2.24) is 14.0 Å². The van der Waals surface area contributed by atoms with Crippen LogP contribution in [0.1, 0.15) is 40.6 Å². The molecule has 0 spiro atoms. The van der Waals surface area contributed by atoms with E-state index < -0.39 is 0 Å². The van der Waals surface area contributed by atoms with Crippen molar-refractivity contribution in [2.24, 2.45) is 0 Å². The molecular formula is C22H21N3O2S. The highest BCUT2D eigenvalue weighted by Gasteiger charge is 2.28. The first-order chi connectivity index (χ1) is 13.6. The summed E-state index contributed by atoms with van der Waals surface area (Å²) in [4.78, 5) is 18.7. The van der Waals surface area contributed by atoms with E-state index in [2.05, 4.69) is 29.7 Å². The number of nitrogens with zero attached hydrogens (tertiary/aromatic N) is 3. The molecule has 0 bridgehead atoms. The Morgan fingerprint density at radius 1 is 1.21 bits per heavy atom. The molecule has 1 aliphatic carbocycles. The fourth-order valence-electron chi connectivity index (χ4n) is 3.56. The predicted molar refractivity (Wildman–Crippen MR) is 111 cm³/mol. The van der Waals surface area contributed by atoms with Gasteiger partial charge in [-0.2, -0.15) is 0 Å². The number of aromatic nitrogens is 3. The summed E-state index contributed by atoms with van der Waals surface area (Å²) in [7, 11) is 0. The van der Waals surface area contributed by atoms with Gasteiger partial charge >= 0.3 is 0 Å². The number of hydrogen-bond donors (Lipinski definition) is 0. The lowest BCUT2D eigenvalue weighted by atomic mass is 10.2. The molecule has 0 aliphatic heterocycles. The molecule has 0 aromatic carbocycles. The van der Waals surface area contributed by atoms with Gasteiger partial charge in [-0.3, -0.25) is 9.36 Å². The minimum atomic E-state index is -0.112. The summed E-state index contributed by atoms with van der Waals surface area (Å²) < 4.78 is 9.50. The second-order valence-electron chi connectivity index (χ2n) is 7.40. The molecule has 6 heteroatoms. The molecule has 0 unspecified atom stereocenters. The highest BCUT2D eigenvalue weighted by atomic mass is 32.1. The van der Waals surface area contributed by atoms with Gasteiger partial charge < -0.3 is 9.14 Å². The van der Waals surface area contributed by atoms with E-state index in [1.165, 1.54) is 29.1 Å². The van der Waals surface area contributed by atoms with Crippen LogP contribution in [-0.4, -0.2) is 14.0 Å². The summed E-state index contributed by atoms with van der Waals surface area (Å²) in [5, 5.41) is 2.08. The van der Waals surface area contributed by atoms with Crippen LogP contribution in [0.2, 0.25) is 0 Å². The van der Waals surface area contributed by atoms with Gasteiger partial charge in [-0.25, -0.2) is 4.98 Å². The topological polar surface area (TPSA) is 48.5 Å². The van der Waals surface area contributed by atoms with Crippen molar-refractivity contribution < 1.29 is 4.74 Å².